The summed E-state index contributed by atoms with van der Waals surface area (Å²) in [5.74, 6) is -0.792. The molecule has 0 radical (unpaired) electrons. The molecule has 2 atom stereocenters. The van der Waals surface area contributed by atoms with Crippen molar-refractivity contribution < 1.29 is 14.6 Å². The third-order valence-electron chi connectivity index (χ3n) is 2.73. The molecule has 0 spiro atoms. The Labute approximate surface area is 83.8 Å². The van der Waals surface area contributed by atoms with Crippen molar-refractivity contribution in [3.8, 4) is 0 Å². The minimum Gasteiger partial charge on any atom is -0.480 e. The number of hydrogen-bond acceptors (Lipinski definition) is 4. The van der Waals surface area contributed by atoms with Gasteiger partial charge in [-0.15, -0.1) is 0 Å². The van der Waals surface area contributed by atoms with Gasteiger partial charge < -0.3 is 15.6 Å². The number of carboxylic acid groups (broad SMARTS) is 1. The predicted molar refractivity (Wildman–Crippen MR) is 52.1 cm³/mol. The first-order chi connectivity index (χ1) is 6.67. The Balaban J connectivity index is 2.47. The summed E-state index contributed by atoms with van der Waals surface area (Å²) in [5, 5.41) is 8.69. The van der Waals surface area contributed by atoms with Crippen LogP contribution >= 0.6 is 0 Å². The van der Waals surface area contributed by atoms with Gasteiger partial charge in [0.2, 0.25) is 0 Å². The highest BCUT2D eigenvalue weighted by molar-refractivity contribution is 5.69. The second-order valence-electron chi connectivity index (χ2n) is 3.64. The topological polar surface area (TPSA) is 75.8 Å². The zero-order valence-corrected chi connectivity index (χ0v) is 8.48. The Morgan fingerprint density at radius 2 is 2.43 bits per heavy atom. The van der Waals surface area contributed by atoms with Crippen LogP contribution in [0.5, 0.6) is 0 Å². The Morgan fingerprint density at radius 3 is 2.93 bits per heavy atom. The molecule has 0 aromatic heterocycles. The molecule has 1 saturated heterocycles. The maximum atomic E-state index is 10.6. The lowest BCUT2D eigenvalue weighted by molar-refractivity contribution is -0.139. The molecule has 3 N–H and O–H groups in total. The number of aliphatic carboxylic acids is 1. The van der Waals surface area contributed by atoms with Crippen molar-refractivity contribution in [1.82, 2.24) is 4.90 Å². The maximum Gasteiger partial charge on any atom is 0.317 e. The SMILES string of the molecule is COC1CCN(CC(=O)O)C(CN)C1. The molecule has 1 aliphatic rings. The van der Waals surface area contributed by atoms with Crippen molar-refractivity contribution in [2.75, 3.05) is 26.7 Å². The van der Waals surface area contributed by atoms with E-state index < -0.39 is 5.97 Å². The molecule has 0 amide bonds. The molecular formula is C9H18N2O3. The molecule has 1 heterocycles. The van der Waals surface area contributed by atoms with Crippen LogP contribution in [0, 0.1) is 0 Å². The summed E-state index contributed by atoms with van der Waals surface area (Å²) < 4.78 is 5.25. The number of piperidine rings is 1. The number of carboxylic acids is 1. The molecule has 2 unspecified atom stereocenters. The fourth-order valence-corrected chi connectivity index (χ4v) is 1.90. The second-order valence-corrected chi connectivity index (χ2v) is 3.64. The lowest BCUT2D eigenvalue weighted by atomic mass is 9.99. The molecule has 0 aromatic rings. The second kappa shape index (κ2) is 5.29. The Morgan fingerprint density at radius 1 is 1.71 bits per heavy atom. The van der Waals surface area contributed by atoms with Crippen molar-refractivity contribution in [3.63, 3.8) is 0 Å². The molecule has 1 rings (SSSR count). The van der Waals surface area contributed by atoms with Gasteiger partial charge in [-0.25, -0.2) is 0 Å². The average molecular weight is 202 g/mol. The van der Waals surface area contributed by atoms with Gasteiger partial charge in [0.05, 0.1) is 12.6 Å². The largest absolute Gasteiger partial charge is 0.480 e. The van der Waals surface area contributed by atoms with Gasteiger partial charge in [-0.2, -0.15) is 0 Å². The Hall–Kier alpha value is -0.650. The van der Waals surface area contributed by atoms with Gasteiger partial charge >= 0.3 is 5.97 Å². The van der Waals surface area contributed by atoms with Crippen LogP contribution in [0.1, 0.15) is 12.8 Å². The van der Waals surface area contributed by atoms with E-state index in [-0.39, 0.29) is 18.7 Å². The average Bonchev–Trinajstić information content (AvgIpc) is 2.17. The van der Waals surface area contributed by atoms with Gasteiger partial charge in [-0.1, -0.05) is 0 Å². The predicted octanol–water partition coefficient (Wildman–Crippen LogP) is -0.491. The summed E-state index contributed by atoms with van der Waals surface area (Å²) >= 11 is 0. The van der Waals surface area contributed by atoms with Crippen LogP contribution in [-0.4, -0.2) is 54.9 Å². The Kier molecular flexibility index (Phi) is 4.31. The normalized spacial score (nSPS) is 29.0. The van der Waals surface area contributed by atoms with Crippen LogP contribution in [0.2, 0.25) is 0 Å². The fraction of sp³-hybridized carbons (Fsp3) is 0.889. The van der Waals surface area contributed by atoms with Gasteiger partial charge in [0.25, 0.3) is 0 Å². The minimum atomic E-state index is -0.792. The molecular weight excluding hydrogens is 184 g/mol. The van der Waals surface area contributed by atoms with Gasteiger partial charge in [0.15, 0.2) is 0 Å². The zero-order chi connectivity index (χ0) is 10.6. The summed E-state index contributed by atoms with van der Waals surface area (Å²) in [6, 6.07) is 0.143. The minimum absolute atomic E-state index is 0.0816. The number of nitrogens with zero attached hydrogens (tertiary/aromatic N) is 1. The quantitative estimate of drug-likeness (QED) is 0.643. The van der Waals surface area contributed by atoms with E-state index in [1.54, 1.807) is 7.11 Å². The van der Waals surface area contributed by atoms with Gasteiger partial charge in [-0.3, -0.25) is 9.69 Å². The lowest BCUT2D eigenvalue weighted by Gasteiger charge is -2.37. The third kappa shape index (κ3) is 2.94. The molecule has 0 saturated carbocycles. The number of hydrogen-bond donors (Lipinski definition) is 2. The van der Waals surface area contributed by atoms with E-state index in [2.05, 4.69) is 0 Å². The van der Waals surface area contributed by atoms with Crippen LogP contribution in [-0.2, 0) is 9.53 Å². The van der Waals surface area contributed by atoms with Gasteiger partial charge in [0.1, 0.15) is 0 Å². The molecule has 14 heavy (non-hydrogen) atoms. The molecule has 0 aromatic carbocycles. The summed E-state index contributed by atoms with van der Waals surface area (Å²) in [6.45, 7) is 1.33. The van der Waals surface area contributed by atoms with Crippen molar-refractivity contribution in [1.29, 1.82) is 0 Å². The third-order valence-corrected chi connectivity index (χ3v) is 2.73. The summed E-state index contributed by atoms with van der Waals surface area (Å²) in [7, 11) is 1.69. The first-order valence-electron chi connectivity index (χ1n) is 4.86. The van der Waals surface area contributed by atoms with Crippen LogP contribution in [0.25, 0.3) is 0 Å². The van der Waals surface area contributed by atoms with Crippen LogP contribution in [0.4, 0.5) is 0 Å². The van der Waals surface area contributed by atoms with Crippen molar-refractivity contribution in [2.24, 2.45) is 5.73 Å². The number of methoxy groups -OCH3 is 1. The number of likely N-dealkylation sites (tertiary alicyclic amines) is 1. The molecule has 82 valence electrons. The van der Waals surface area contributed by atoms with Crippen molar-refractivity contribution in [3.05, 3.63) is 0 Å². The summed E-state index contributed by atoms with van der Waals surface area (Å²) in [4.78, 5) is 12.5. The van der Waals surface area contributed by atoms with Crippen molar-refractivity contribution in [2.45, 2.75) is 25.0 Å². The highest BCUT2D eigenvalue weighted by Gasteiger charge is 2.28. The summed E-state index contributed by atoms with van der Waals surface area (Å²) in [6.07, 6.45) is 1.95. The van der Waals surface area contributed by atoms with E-state index in [9.17, 15) is 4.79 Å². The molecule has 5 nitrogen and oxygen atoms in total. The maximum absolute atomic E-state index is 10.6. The van der Waals surface area contributed by atoms with Crippen LogP contribution in [0.15, 0.2) is 0 Å². The van der Waals surface area contributed by atoms with E-state index in [1.807, 2.05) is 4.90 Å². The first kappa shape index (κ1) is 11.4. The zero-order valence-electron chi connectivity index (χ0n) is 8.48. The fourth-order valence-electron chi connectivity index (χ4n) is 1.90. The smallest absolute Gasteiger partial charge is 0.317 e. The molecule has 0 bridgehead atoms. The first-order valence-corrected chi connectivity index (χ1v) is 4.86. The molecule has 1 aliphatic heterocycles. The molecule has 1 fully saturated rings. The lowest BCUT2D eigenvalue weighted by Crippen LogP contribution is -2.50. The van der Waals surface area contributed by atoms with E-state index >= 15 is 0 Å². The standard InChI is InChI=1S/C9H18N2O3/c1-14-8-2-3-11(6-9(12)13)7(4-8)5-10/h7-8H,2-6,10H2,1H3,(H,12,13). The van der Waals surface area contributed by atoms with Crippen LogP contribution < -0.4 is 5.73 Å². The number of nitrogens with two attached hydrogens (primary N) is 1. The monoisotopic (exact) mass is 202 g/mol. The van der Waals surface area contributed by atoms with E-state index in [0.29, 0.717) is 6.54 Å². The van der Waals surface area contributed by atoms with E-state index in [1.165, 1.54) is 0 Å². The molecule has 5 heteroatoms. The van der Waals surface area contributed by atoms with E-state index in [4.69, 9.17) is 15.6 Å². The van der Waals surface area contributed by atoms with E-state index in [0.717, 1.165) is 19.4 Å². The Bertz CT molecular complexity index is 198. The van der Waals surface area contributed by atoms with Gasteiger partial charge in [-0.05, 0) is 12.8 Å². The number of carbonyl (C=O) groups is 1. The van der Waals surface area contributed by atoms with Gasteiger partial charge in [0, 0.05) is 26.2 Å². The molecule has 0 aliphatic carbocycles. The number of ether oxygens (including phenoxy) is 1. The number of rotatable bonds is 4. The van der Waals surface area contributed by atoms with Crippen molar-refractivity contribution >= 4 is 5.97 Å². The summed E-state index contributed by atoms with van der Waals surface area (Å²) in [5.41, 5.74) is 5.60. The van der Waals surface area contributed by atoms with Crippen LogP contribution in [0.3, 0.4) is 0 Å². The highest BCUT2D eigenvalue weighted by atomic mass is 16.5. The highest BCUT2D eigenvalue weighted by Crippen LogP contribution is 2.18.